The van der Waals surface area contributed by atoms with Crippen LogP contribution in [-0.4, -0.2) is 58.6 Å². The number of anilines is 1. The van der Waals surface area contributed by atoms with Gasteiger partial charge in [-0.1, -0.05) is 30.7 Å². The molecule has 1 saturated heterocycles. The first-order chi connectivity index (χ1) is 16.6. The summed E-state index contributed by atoms with van der Waals surface area (Å²) in [6, 6.07) is 13.1. The molecule has 0 bridgehead atoms. The molecule has 1 aliphatic rings. The molecule has 0 aliphatic carbocycles. The van der Waals surface area contributed by atoms with Crippen molar-refractivity contribution in [1.82, 2.24) is 19.8 Å². The van der Waals surface area contributed by atoms with Crippen molar-refractivity contribution in [2.45, 2.75) is 46.2 Å². The first-order valence-electron chi connectivity index (χ1n) is 12.2. The van der Waals surface area contributed by atoms with Crippen LogP contribution in [0.15, 0.2) is 47.3 Å². The van der Waals surface area contributed by atoms with Crippen LogP contribution < -0.4 is 15.8 Å². The van der Waals surface area contributed by atoms with Crippen molar-refractivity contribution in [1.29, 1.82) is 0 Å². The van der Waals surface area contributed by atoms with Crippen molar-refractivity contribution in [2.75, 3.05) is 37.6 Å². The van der Waals surface area contributed by atoms with Gasteiger partial charge in [0, 0.05) is 41.4 Å². The van der Waals surface area contributed by atoms with E-state index in [9.17, 15) is 9.59 Å². The number of hydrogen-bond acceptors (Lipinski definition) is 5. The number of aromatic nitrogens is 2. The topological polar surface area (TPSA) is 70.5 Å². The zero-order valence-corrected chi connectivity index (χ0v) is 21.7. The van der Waals surface area contributed by atoms with Crippen molar-refractivity contribution in [3.05, 3.63) is 57.8 Å². The van der Waals surface area contributed by atoms with Crippen molar-refractivity contribution in [3.63, 3.8) is 0 Å². The Morgan fingerprint density at radius 1 is 1.09 bits per heavy atom. The lowest BCUT2D eigenvalue weighted by molar-refractivity contribution is -0.123. The summed E-state index contributed by atoms with van der Waals surface area (Å²) < 4.78 is 1.46. The van der Waals surface area contributed by atoms with Gasteiger partial charge >= 0.3 is 0 Å². The van der Waals surface area contributed by atoms with Gasteiger partial charge in [0.15, 0.2) is 0 Å². The van der Waals surface area contributed by atoms with Gasteiger partial charge in [-0.05, 0) is 70.6 Å². The molecular formula is C27H34ClN5O2. The predicted octanol–water partition coefficient (Wildman–Crippen LogP) is 4.16. The second kappa shape index (κ2) is 10.4. The van der Waals surface area contributed by atoms with E-state index in [-0.39, 0.29) is 18.0 Å². The first-order valence-corrected chi connectivity index (χ1v) is 12.6. The summed E-state index contributed by atoms with van der Waals surface area (Å²) in [6.07, 6.45) is 1.08. The van der Waals surface area contributed by atoms with Crippen LogP contribution in [0.25, 0.3) is 22.3 Å². The largest absolute Gasteiger partial charge is 0.370 e. The Hall–Kier alpha value is -2.90. The Kier molecular flexibility index (Phi) is 7.47. The quantitative estimate of drug-likeness (QED) is 0.575. The van der Waals surface area contributed by atoms with E-state index in [1.54, 1.807) is 12.1 Å². The van der Waals surface area contributed by atoms with Crippen molar-refractivity contribution < 1.29 is 4.79 Å². The molecule has 186 valence electrons. The van der Waals surface area contributed by atoms with E-state index >= 15 is 0 Å². The standard InChI is InChI=1S/C27H34ClN5O2/c1-5-31-12-7-13-32(15-14-31)21-10-11-23-22(17-21)26(35)33(18-24(34)30-27(2,3)4)25(29-23)19-8-6-9-20(28)16-19/h6,8-11,16-17H,5,7,12-15,18H2,1-4H3,(H,30,34). The van der Waals surface area contributed by atoms with Gasteiger partial charge in [0.2, 0.25) is 5.91 Å². The molecule has 0 saturated carbocycles. The maximum Gasteiger partial charge on any atom is 0.262 e. The fourth-order valence-corrected chi connectivity index (χ4v) is 4.74. The summed E-state index contributed by atoms with van der Waals surface area (Å²) in [4.78, 5) is 36.2. The fraction of sp³-hybridized carbons (Fsp3) is 0.444. The Morgan fingerprint density at radius 2 is 1.89 bits per heavy atom. The van der Waals surface area contributed by atoms with Gasteiger partial charge in [0.05, 0.1) is 10.9 Å². The number of halogens is 1. The summed E-state index contributed by atoms with van der Waals surface area (Å²) in [6.45, 7) is 12.8. The Bertz CT molecular complexity index is 1280. The van der Waals surface area contributed by atoms with Crippen LogP contribution in [0.1, 0.15) is 34.1 Å². The number of carbonyl (C=O) groups excluding carboxylic acids is 1. The summed E-state index contributed by atoms with van der Waals surface area (Å²) in [7, 11) is 0. The lowest BCUT2D eigenvalue weighted by Gasteiger charge is -2.24. The van der Waals surface area contributed by atoms with Crippen LogP contribution in [0.5, 0.6) is 0 Å². The summed E-state index contributed by atoms with van der Waals surface area (Å²) >= 11 is 6.24. The molecule has 1 amide bonds. The molecule has 7 nitrogen and oxygen atoms in total. The van der Waals surface area contributed by atoms with E-state index in [1.165, 1.54) is 4.57 Å². The van der Waals surface area contributed by atoms with Gasteiger partial charge < -0.3 is 15.1 Å². The highest BCUT2D eigenvalue weighted by Crippen LogP contribution is 2.25. The number of likely N-dealkylation sites (N-methyl/N-ethyl adjacent to an activating group) is 1. The molecular weight excluding hydrogens is 462 g/mol. The predicted molar refractivity (Wildman–Crippen MR) is 143 cm³/mol. The minimum Gasteiger partial charge on any atom is -0.370 e. The molecule has 2 heterocycles. The van der Waals surface area contributed by atoms with E-state index in [4.69, 9.17) is 16.6 Å². The first kappa shape index (κ1) is 25.2. The van der Waals surface area contributed by atoms with Crippen LogP contribution in [0.3, 0.4) is 0 Å². The number of fused-ring (bicyclic) bond motifs is 1. The van der Waals surface area contributed by atoms with Gasteiger partial charge in [-0.2, -0.15) is 0 Å². The van der Waals surface area contributed by atoms with Gasteiger partial charge in [-0.25, -0.2) is 4.98 Å². The van der Waals surface area contributed by atoms with Gasteiger partial charge in [-0.3, -0.25) is 14.2 Å². The summed E-state index contributed by atoms with van der Waals surface area (Å²) in [5.74, 6) is 0.183. The Labute approximate surface area is 211 Å². The number of nitrogens with one attached hydrogen (secondary N) is 1. The maximum atomic E-state index is 13.8. The lowest BCUT2D eigenvalue weighted by Crippen LogP contribution is -2.43. The lowest BCUT2D eigenvalue weighted by atomic mass is 10.1. The van der Waals surface area contributed by atoms with Crippen molar-refractivity contribution in [2.24, 2.45) is 0 Å². The summed E-state index contributed by atoms with van der Waals surface area (Å²) in [5.41, 5.74) is 1.66. The molecule has 0 spiro atoms. The molecule has 1 aliphatic heterocycles. The highest BCUT2D eigenvalue weighted by atomic mass is 35.5. The average molecular weight is 496 g/mol. The molecule has 0 unspecified atom stereocenters. The number of benzene rings is 2. The number of amides is 1. The molecule has 1 aromatic heterocycles. The highest BCUT2D eigenvalue weighted by Gasteiger charge is 2.20. The fourth-order valence-electron chi connectivity index (χ4n) is 4.55. The highest BCUT2D eigenvalue weighted by molar-refractivity contribution is 6.30. The van der Waals surface area contributed by atoms with Crippen molar-refractivity contribution in [3.8, 4) is 11.4 Å². The van der Waals surface area contributed by atoms with Crippen LogP contribution in [0.4, 0.5) is 5.69 Å². The summed E-state index contributed by atoms with van der Waals surface area (Å²) in [5, 5.41) is 4.00. The molecule has 1 fully saturated rings. The zero-order valence-electron chi connectivity index (χ0n) is 21.0. The molecule has 0 atom stereocenters. The number of nitrogens with zero attached hydrogens (tertiary/aromatic N) is 4. The minimum absolute atomic E-state index is 0.125. The van der Waals surface area contributed by atoms with E-state index in [0.717, 1.165) is 44.8 Å². The second-order valence-corrected chi connectivity index (χ2v) is 10.5. The monoisotopic (exact) mass is 495 g/mol. The van der Waals surface area contributed by atoms with E-state index in [1.807, 2.05) is 51.1 Å². The average Bonchev–Trinajstić information content (AvgIpc) is 3.05. The molecule has 0 radical (unpaired) electrons. The molecule has 35 heavy (non-hydrogen) atoms. The van der Waals surface area contributed by atoms with Crippen LogP contribution in [0.2, 0.25) is 5.02 Å². The minimum atomic E-state index is -0.409. The Morgan fingerprint density at radius 3 is 2.60 bits per heavy atom. The molecule has 4 rings (SSSR count). The van der Waals surface area contributed by atoms with Crippen LogP contribution in [-0.2, 0) is 11.3 Å². The molecule has 3 aromatic rings. The van der Waals surface area contributed by atoms with Gasteiger partial charge in [0.1, 0.15) is 12.4 Å². The van der Waals surface area contributed by atoms with E-state index in [0.29, 0.717) is 27.3 Å². The maximum absolute atomic E-state index is 13.8. The Balaban J connectivity index is 1.79. The van der Waals surface area contributed by atoms with E-state index in [2.05, 4.69) is 22.0 Å². The third-order valence-electron chi connectivity index (χ3n) is 6.24. The van der Waals surface area contributed by atoms with Gasteiger partial charge in [-0.15, -0.1) is 0 Å². The van der Waals surface area contributed by atoms with E-state index < -0.39 is 5.54 Å². The normalized spacial score (nSPS) is 15.3. The molecule has 2 aromatic carbocycles. The number of rotatable bonds is 5. The number of carbonyl (C=O) groups is 1. The smallest absolute Gasteiger partial charge is 0.262 e. The van der Waals surface area contributed by atoms with Crippen molar-refractivity contribution >= 4 is 34.1 Å². The van der Waals surface area contributed by atoms with Crippen LogP contribution >= 0.6 is 11.6 Å². The third kappa shape index (κ3) is 6.03. The third-order valence-corrected chi connectivity index (χ3v) is 6.47. The number of hydrogen-bond donors (Lipinski definition) is 1. The molecule has 8 heteroatoms. The SMILES string of the molecule is CCN1CCCN(c2ccc3nc(-c4cccc(Cl)c4)n(CC(=O)NC(C)(C)C)c(=O)c3c2)CC1. The van der Waals surface area contributed by atoms with Gasteiger partial charge in [0.25, 0.3) is 5.56 Å². The second-order valence-electron chi connectivity index (χ2n) is 10.1. The zero-order chi connectivity index (χ0) is 25.2. The molecule has 1 N–H and O–H groups in total. The van der Waals surface area contributed by atoms with Crippen LogP contribution in [0, 0.1) is 0 Å².